The summed E-state index contributed by atoms with van der Waals surface area (Å²) in [6, 6.07) is 0. The van der Waals surface area contributed by atoms with Crippen LogP contribution in [0, 0.1) is 0 Å². The summed E-state index contributed by atoms with van der Waals surface area (Å²) in [7, 11) is 22.5. The highest BCUT2D eigenvalue weighted by atomic mass is 33.5. The minimum atomic E-state index is 0.715. The van der Waals surface area contributed by atoms with Crippen molar-refractivity contribution in [1.82, 2.24) is 39.9 Å². The van der Waals surface area contributed by atoms with Crippen LogP contribution in [0.5, 0.6) is 0 Å². The molecular weight excluding hydrogens is 1070 g/mol. The van der Waals surface area contributed by atoms with Crippen LogP contribution in [0.15, 0.2) is 39.2 Å². The number of nitrogens with zero attached hydrogens (tertiary/aromatic N) is 6. The molecule has 346 valence electrons. The van der Waals surface area contributed by atoms with Crippen LogP contribution in [-0.4, -0.2) is 39.9 Å². The molecule has 3 aromatic heterocycles. The van der Waals surface area contributed by atoms with E-state index in [9.17, 15) is 0 Å². The Bertz CT molecular complexity index is 3150. The van der Waals surface area contributed by atoms with Gasteiger partial charge in [-0.15, -0.1) is 0 Å². The lowest BCUT2D eigenvalue weighted by Crippen LogP contribution is -1.99. The third-order valence-electron chi connectivity index (χ3n) is 13.8. The van der Waals surface area contributed by atoms with Crippen molar-refractivity contribution >= 4 is 170 Å². The van der Waals surface area contributed by atoms with Gasteiger partial charge in [-0.25, -0.2) is 29.9 Å². The average Bonchev–Trinajstić information content (AvgIpc) is 4.22. The Hall–Kier alpha value is -1.56. The van der Waals surface area contributed by atoms with Crippen LogP contribution in [-0.2, 0) is 51.4 Å². The van der Waals surface area contributed by atoms with Crippen LogP contribution >= 0.6 is 126 Å². The smallest absolute Gasteiger partial charge is 0.165 e. The number of hydrogen-bond donors (Lipinski definition) is 2. The number of aromatic nitrogens is 8. The molecule has 0 fully saturated rings. The first-order valence-electron chi connectivity index (χ1n) is 23.1. The summed E-state index contributed by atoms with van der Waals surface area (Å²) >= 11 is 0. The second-order valence-corrected chi connectivity index (χ2v) is 32.5. The van der Waals surface area contributed by atoms with Gasteiger partial charge in [0, 0.05) is 83.0 Å². The summed E-state index contributed by atoms with van der Waals surface area (Å²) in [6.07, 6.45) is 6.90. The zero-order valence-corrected chi connectivity index (χ0v) is 48.0. The zero-order chi connectivity index (χ0) is 46.3. The quantitative estimate of drug-likeness (QED) is 0.141. The Kier molecular flexibility index (Phi) is 12.3. The average molecular weight is 1120 g/mol. The number of H-pyrrole nitrogens is 2. The first-order valence-corrected chi connectivity index (χ1v) is 37.1. The lowest BCUT2D eigenvalue weighted by Gasteiger charge is -2.16. The van der Waals surface area contributed by atoms with Crippen molar-refractivity contribution in [2.75, 3.05) is 0 Å². The summed E-state index contributed by atoms with van der Waals surface area (Å²) in [5, 5.41) is 4.57. The molecule has 0 spiro atoms. The molecule has 0 aliphatic carbocycles. The highest BCUT2D eigenvalue weighted by Gasteiger charge is 2.37. The van der Waals surface area contributed by atoms with Crippen LogP contribution in [0.25, 0.3) is 89.7 Å². The van der Waals surface area contributed by atoms with Crippen molar-refractivity contribution in [3.8, 4) is 45.6 Å². The van der Waals surface area contributed by atoms with E-state index in [0.29, 0.717) is 23.3 Å². The monoisotopic (exact) mass is 1110 g/mol. The van der Waals surface area contributed by atoms with Gasteiger partial charge in [0.15, 0.2) is 23.3 Å². The second kappa shape index (κ2) is 18.1. The summed E-state index contributed by atoms with van der Waals surface area (Å²) in [5.74, 6) is 2.86. The molecule has 20 heteroatoms. The highest BCUT2D eigenvalue weighted by molar-refractivity contribution is 9.11. The van der Waals surface area contributed by atoms with E-state index >= 15 is 0 Å². The molecule has 9 heterocycles. The molecule has 13 rings (SSSR count). The number of rotatable bonds is 8. The minimum absolute atomic E-state index is 0.715. The van der Waals surface area contributed by atoms with Crippen LogP contribution < -0.4 is 0 Å². The standard InChI is InChI=1S/C48H42N8S12/c1-9-17-25-26(18(10-2)34-33(17)57-65-58-34)42-49-41(25)53-43-27-19(11-3)35-36(60-66-59-35)20(12-4)28(27)45(50-43)55-47-31-23(15-7)39-40(64-68-63-39)24(16-8)32(31)48(52-47)56-46-30-22(14-6)38-37(61-67-62-38)21(13-5)29(30)44(51-46)54-42/h9-16H2,1-8H3,(H2,49,50,51,52,53,54,55,56). The van der Waals surface area contributed by atoms with Crippen molar-refractivity contribution in [3.05, 3.63) is 44.5 Å². The molecule has 0 atom stereocenters. The van der Waals surface area contributed by atoms with E-state index in [0.717, 1.165) is 118 Å². The number of benzene rings is 4. The van der Waals surface area contributed by atoms with Gasteiger partial charge in [-0.05, 0) is 222 Å². The number of nitrogens with one attached hydrogen (secondary N) is 2. The Morgan fingerprint density at radius 3 is 0.647 bits per heavy atom. The predicted molar refractivity (Wildman–Crippen MR) is 308 cm³/mol. The van der Waals surface area contributed by atoms with Gasteiger partial charge in [0.05, 0.1) is 0 Å². The first kappa shape index (κ1) is 46.2. The summed E-state index contributed by atoms with van der Waals surface area (Å²) in [4.78, 5) is 53.1. The van der Waals surface area contributed by atoms with Crippen molar-refractivity contribution in [2.24, 2.45) is 0 Å². The molecule has 8 nitrogen and oxygen atoms in total. The number of aromatic amines is 2. The fourth-order valence-electron chi connectivity index (χ4n) is 11.0. The molecule has 0 unspecified atom stereocenters. The topological polar surface area (TPSA) is 109 Å². The lowest BCUT2D eigenvalue weighted by molar-refractivity contribution is 0.988. The molecule has 68 heavy (non-hydrogen) atoms. The molecule has 6 aliphatic heterocycles. The van der Waals surface area contributed by atoms with Crippen molar-refractivity contribution in [2.45, 2.75) is 146 Å². The number of aryl methyl sites for hydroxylation is 4. The van der Waals surface area contributed by atoms with Gasteiger partial charge in [0.1, 0.15) is 22.6 Å². The fraction of sp³-hybridized carbons (Fsp3) is 0.333. The molecule has 8 bridgehead atoms. The molecule has 6 aliphatic rings. The first-order chi connectivity index (χ1) is 33.4. The third-order valence-corrected chi connectivity index (χ3v) is 30.3. The number of hydrogen-bond acceptors (Lipinski definition) is 18. The van der Waals surface area contributed by atoms with Gasteiger partial charge in [0.25, 0.3) is 0 Å². The Labute approximate surface area is 441 Å². The van der Waals surface area contributed by atoms with E-state index < -0.39 is 0 Å². The van der Waals surface area contributed by atoms with Crippen LogP contribution in [0.1, 0.15) is 99.9 Å². The molecule has 0 amide bonds. The molecule has 4 aromatic carbocycles. The third kappa shape index (κ3) is 6.59. The Balaban J connectivity index is 1.30. The SMILES string of the molecule is CCc1c2c(c(CC)c3c1-c1nc-3nc3[nH]c(nc4nc(nc5[nH]c(n1)c1c(CC)c6c(c(CC)c51)SSS6)-c1c(CC)c5c(c(CC)c1-4)SSS5)c1c(CC)c4c(c(CC)c31)SSS4)SSS2. The Morgan fingerprint density at radius 2 is 0.456 bits per heavy atom. The summed E-state index contributed by atoms with van der Waals surface area (Å²) in [5.41, 5.74) is 18.1. The summed E-state index contributed by atoms with van der Waals surface area (Å²) < 4.78 is 0. The van der Waals surface area contributed by atoms with E-state index in [1.165, 1.54) is 83.7 Å². The number of fused-ring (bicyclic) bond motifs is 24. The van der Waals surface area contributed by atoms with E-state index in [1.54, 1.807) is 0 Å². The van der Waals surface area contributed by atoms with Gasteiger partial charge >= 0.3 is 0 Å². The highest BCUT2D eigenvalue weighted by Crippen LogP contribution is 2.65. The molecule has 0 saturated heterocycles. The molecule has 0 radical (unpaired) electrons. The van der Waals surface area contributed by atoms with Crippen LogP contribution in [0.3, 0.4) is 0 Å². The van der Waals surface area contributed by atoms with E-state index in [4.69, 9.17) is 29.9 Å². The maximum absolute atomic E-state index is 5.79. The second-order valence-electron chi connectivity index (χ2n) is 16.8. The van der Waals surface area contributed by atoms with Crippen LogP contribution in [0.4, 0.5) is 0 Å². The van der Waals surface area contributed by atoms with E-state index in [-0.39, 0.29) is 0 Å². The van der Waals surface area contributed by atoms with E-state index in [2.05, 4.69) is 65.4 Å². The molecule has 2 N–H and O–H groups in total. The normalized spacial score (nSPS) is 15.4. The van der Waals surface area contributed by atoms with Gasteiger partial charge in [-0.1, -0.05) is 55.4 Å². The maximum Gasteiger partial charge on any atom is 0.165 e. The van der Waals surface area contributed by atoms with Crippen molar-refractivity contribution < 1.29 is 0 Å². The van der Waals surface area contributed by atoms with Gasteiger partial charge < -0.3 is 9.97 Å². The molecule has 0 saturated carbocycles. The minimum Gasteiger partial charge on any atom is -0.324 e. The van der Waals surface area contributed by atoms with E-state index in [1.807, 2.05) is 126 Å². The molecular formula is C48H42N8S12. The van der Waals surface area contributed by atoms with Gasteiger partial charge in [-0.3, -0.25) is 0 Å². The van der Waals surface area contributed by atoms with Crippen molar-refractivity contribution in [1.29, 1.82) is 0 Å². The van der Waals surface area contributed by atoms with Crippen molar-refractivity contribution in [3.63, 3.8) is 0 Å². The lowest BCUT2D eigenvalue weighted by atomic mass is 9.93. The largest absolute Gasteiger partial charge is 0.324 e. The fourth-order valence-corrected chi connectivity index (χ4v) is 30.9. The Morgan fingerprint density at radius 1 is 0.265 bits per heavy atom. The molecule has 7 aromatic rings. The zero-order valence-electron chi connectivity index (χ0n) is 38.2. The van der Waals surface area contributed by atoms with Crippen LogP contribution in [0.2, 0.25) is 0 Å². The van der Waals surface area contributed by atoms with Gasteiger partial charge in [0.2, 0.25) is 0 Å². The predicted octanol–water partition coefficient (Wildman–Crippen LogP) is 18.4. The summed E-state index contributed by atoms with van der Waals surface area (Å²) in [6.45, 7) is 18.3. The van der Waals surface area contributed by atoms with Gasteiger partial charge in [-0.2, -0.15) is 0 Å². The maximum atomic E-state index is 5.79.